The minimum absolute atomic E-state index is 0.0770. The Hall–Kier alpha value is -3.12. The lowest BCUT2D eigenvalue weighted by atomic mass is 9.93. The summed E-state index contributed by atoms with van der Waals surface area (Å²) in [6.07, 6.45) is 1.49. The van der Waals surface area contributed by atoms with Crippen molar-refractivity contribution in [3.8, 4) is 0 Å². The van der Waals surface area contributed by atoms with Crippen LogP contribution in [0.2, 0.25) is 0 Å². The second kappa shape index (κ2) is 10.9. The van der Waals surface area contributed by atoms with Crippen LogP contribution < -0.4 is 5.32 Å². The molecule has 1 aliphatic rings. The lowest BCUT2D eigenvalue weighted by molar-refractivity contribution is -0.126. The van der Waals surface area contributed by atoms with Gasteiger partial charge in [0, 0.05) is 47.9 Å². The summed E-state index contributed by atoms with van der Waals surface area (Å²) in [4.78, 5) is 29.4. The molecule has 0 bridgehead atoms. The third kappa shape index (κ3) is 4.92. The van der Waals surface area contributed by atoms with Crippen LogP contribution in [-0.4, -0.2) is 46.6 Å². The molecule has 1 N–H and O–H groups in total. The van der Waals surface area contributed by atoms with E-state index in [1.54, 1.807) is 0 Å². The Kier molecular flexibility index (Phi) is 7.84. The first-order chi connectivity index (χ1) is 17.2. The fourth-order valence-electron chi connectivity index (χ4n) is 5.36. The molecule has 2 amide bonds. The monoisotopic (exact) mass is 489 g/mol. The molecular weight excluding hydrogens is 450 g/mol. The van der Waals surface area contributed by atoms with Crippen LogP contribution in [0.4, 0.5) is 0 Å². The number of rotatable bonds is 10. The number of nitrogens with one attached hydrogen (secondary N) is 1. The lowest BCUT2D eigenvalue weighted by Crippen LogP contribution is -2.49. The Morgan fingerprint density at radius 2 is 1.75 bits per heavy atom. The van der Waals surface area contributed by atoms with Gasteiger partial charge in [-0.25, -0.2) is 0 Å². The van der Waals surface area contributed by atoms with Crippen molar-refractivity contribution in [3.63, 3.8) is 0 Å². The maximum atomic E-state index is 13.9. The van der Waals surface area contributed by atoms with Gasteiger partial charge >= 0.3 is 0 Å². The van der Waals surface area contributed by atoms with E-state index >= 15 is 0 Å². The summed E-state index contributed by atoms with van der Waals surface area (Å²) in [7, 11) is 2.06. The van der Waals surface area contributed by atoms with Gasteiger partial charge < -0.3 is 19.5 Å². The summed E-state index contributed by atoms with van der Waals surface area (Å²) in [6, 6.07) is 15.2. The summed E-state index contributed by atoms with van der Waals surface area (Å²) < 4.78 is 7.80. The smallest absolute Gasteiger partial charge is 0.255 e. The van der Waals surface area contributed by atoms with Gasteiger partial charge in [-0.05, 0) is 57.2 Å². The Morgan fingerprint density at radius 3 is 2.47 bits per heavy atom. The van der Waals surface area contributed by atoms with Crippen LogP contribution in [-0.2, 0) is 16.6 Å². The first-order valence-electron chi connectivity index (χ1n) is 13.1. The number of hydrogen-bond donors (Lipinski definition) is 1. The number of benzene rings is 2. The molecule has 0 saturated carbocycles. The number of fused-ring (bicyclic) bond motifs is 2. The quantitative estimate of drug-likeness (QED) is 0.389. The van der Waals surface area contributed by atoms with E-state index in [0.29, 0.717) is 25.1 Å². The van der Waals surface area contributed by atoms with Crippen molar-refractivity contribution in [2.75, 3.05) is 13.2 Å². The summed E-state index contributed by atoms with van der Waals surface area (Å²) in [6.45, 7) is 11.4. The van der Waals surface area contributed by atoms with Crippen molar-refractivity contribution in [2.24, 2.45) is 13.0 Å². The van der Waals surface area contributed by atoms with E-state index in [9.17, 15) is 9.59 Å². The third-order valence-corrected chi connectivity index (χ3v) is 7.13. The Morgan fingerprint density at radius 1 is 1.06 bits per heavy atom. The molecule has 36 heavy (non-hydrogen) atoms. The van der Waals surface area contributed by atoms with E-state index in [-0.39, 0.29) is 29.9 Å². The predicted octanol–water partition coefficient (Wildman–Crippen LogP) is 5.38. The molecule has 0 fully saturated rings. The van der Waals surface area contributed by atoms with E-state index in [0.717, 1.165) is 34.1 Å². The first kappa shape index (κ1) is 26.0. The van der Waals surface area contributed by atoms with Crippen molar-refractivity contribution in [2.45, 2.75) is 65.6 Å². The van der Waals surface area contributed by atoms with Gasteiger partial charge in [-0.15, -0.1) is 0 Å². The highest BCUT2D eigenvalue weighted by molar-refractivity contribution is 6.03. The summed E-state index contributed by atoms with van der Waals surface area (Å²) in [5.74, 6) is 0.0694. The Balaban J connectivity index is 1.75. The van der Waals surface area contributed by atoms with E-state index in [4.69, 9.17) is 4.74 Å². The molecule has 0 saturated heterocycles. The van der Waals surface area contributed by atoms with Crippen LogP contribution in [0.3, 0.4) is 0 Å². The zero-order valence-electron chi connectivity index (χ0n) is 22.4. The number of aromatic nitrogens is 1. The molecule has 4 rings (SSSR count). The molecule has 192 valence electrons. The number of ether oxygens (including phenoxy) is 1. The van der Waals surface area contributed by atoms with Crippen molar-refractivity contribution < 1.29 is 14.3 Å². The maximum Gasteiger partial charge on any atom is 0.255 e. The number of para-hydroxylation sites is 1. The SMILES string of the molecule is Cc1c(C2c3ccccc3C(=O)N2C(CC(C)C)C(=O)NCCCOC(C)C)c2ccccc2n1C. The number of nitrogens with zero attached hydrogens (tertiary/aromatic N) is 2. The first-order valence-corrected chi connectivity index (χ1v) is 13.1. The van der Waals surface area contributed by atoms with E-state index in [2.05, 4.69) is 49.8 Å². The summed E-state index contributed by atoms with van der Waals surface area (Å²) in [5.41, 5.74) is 4.97. The van der Waals surface area contributed by atoms with Crippen molar-refractivity contribution in [1.29, 1.82) is 0 Å². The van der Waals surface area contributed by atoms with Gasteiger partial charge in [0.15, 0.2) is 0 Å². The number of carbonyl (C=O) groups is 2. The highest BCUT2D eigenvalue weighted by Crippen LogP contribution is 2.45. The molecule has 0 aliphatic carbocycles. The number of carbonyl (C=O) groups excluding carboxylic acids is 2. The molecule has 2 unspecified atom stereocenters. The van der Waals surface area contributed by atoms with Crippen LogP contribution in [0, 0.1) is 12.8 Å². The van der Waals surface area contributed by atoms with Gasteiger partial charge in [0.2, 0.25) is 5.91 Å². The highest BCUT2D eigenvalue weighted by Gasteiger charge is 2.45. The lowest BCUT2D eigenvalue weighted by Gasteiger charge is -2.34. The van der Waals surface area contributed by atoms with E-state index < -0.39 is 6.04 Å². The molecule has 1 aliphatic heterocycles. The fourth-order valence-corrected chi connectivity index (χ4v) is 5.36. The predicted molar refractivity (Wildman–Crippen MR) is 144 cm³/mol. The zero-order chi connectivity index (χ0) is 26.0. The molecule has 2 heterocycles. The van der Waals surface area contributed by atoms with Gasteiger partial charge in [0.1, 0.15) is 6.04 Å². The van der Waals surface area contributed by atoms with Gasteiger partial charge in [-0.3, -0.25) is 9.59 Å². The van der Waals surface area contributed by atoms with Crippen molar-refractivity contribution in [3.05, 3.63) is 70.9 Å². The molecule has 1 aromatic heterocycles. The normalized spacial score (nSPS) is 16.3. The van der Waals surface area contributed by atoms with Gasteiger partial charge in [-0.1, -0.05) is 50.2 Å². The molecule has 0 radical (unpaired) electrons. The molecule has 6 nitrogen and oxygen atoms in total. The zero-order valence-corrected chi connectivity index (χ0v) is 22.4. The van der Waals surface area contributed by atoms with Crippen LogP contribution in [0.1, 0.15) is 73.8 Å². The largest absolute Gasteiger partial charge is 0.379 e. The van der Waals surface area contributed by atoms with Crippen LogP contribution >= 0.6 is 0 Å². The van der Waals surface area contributed by atoms with Gasteiger partial charge in [0.05, 0.1) is 12.1 Å². The van der Waals surface area contributed by atoms with E-state index in [1.165, 1.54) is 0 Å². The maximum absolute atomic E-state index is 13.9. The molecule has 3 aromatic rings. The standard InChI is InChI=1S/C30H39N3O3/c1-19(2)18-26(29(34)31-16-11-17-36-20(3)4)33-28(22-12-7-8-13-23(22)30(33)35)27-21(5)32(6)25-15-10-9-14-24(25)27/h7-10,12-15,19-20,26,28H,11,16-18H2,1-6H3,(H,31,34). The van der Waals surface area contributed by atoms with Gasteiger partial charge in [-0.2, -0.15) is 0 Å². The Bertz CT molecular complexity index is 1240. The minimum atomic E-state index is -0.570. The second-order valence-electron chi connectivity index (χ2n) is 10.5. The second-order valence-corrected chi connectivity index (χ2v) is 10.5. The average molecular weight is 490 g/mol. The Labute approximate surface area is 214 Å². The summed E-state index contributed by atoms with van der Waals surface area (Å²) in [5, 5.41) is 4.21. The van der Waals surface area contributed by atoms with Crippen LogP contribution in [0.25, 0.3) is 10.9 Å². The number of hydrogen-bond acceptors (Lipinski definition) is 3. The number of aryl methyl sites for hydroxylation is 1. The topological polar surface area (TPSA) is 63.6 Å². The van der Waals surface area contributed by atoms with Crippen LogP contribution in [0.5, 0.6) is 0 Å². The molecule has 2 atom stereocenters. The van der Waals surface area contributed by atoms with Crippen molar-refractivity contribution >= 4 is 22.7 Å². The van der Waals surface area contributed by atoms with Gasteiger partial charge in [0.25, 0.3) is 5.91 Å². The van der Waals surface area contributed by atoms with Crippen molar-refractivity contribution in [1.82, 2.24) is 14.8 Å². The average Bonchev–Trinajstić information content (AvgIpc) is 3.27. The molecule has 6 heteroatoms. The molecule has 2 aromatic carbocycles. The fraction of sp³-hybridized carbons (Fsp3) is 0.467. The highest BCUT2D eigenvalue weighted by atomic mass is 16.5. The minimum Gasteiger partial charge on any atom is -0.379 e. The van der Waals surface area contributed by atoms with E-state index in [1.807, 2.05) is 55.1 Å². The molecular formula is C30H39N3O3. The number of amides is 2. The third-order valence-electron chi connectivity index (χ3n) is 7.13. The molecule has 0 spiro atoms. The summed E-state index contributed by atoms with van der Waals surface area (Å²) >= 11 is 0. The van der Waals surface area contributed by atoms with Crippen LogP contribution in [0.15, 0.2) is 48.5 Å².